The van der Waals surface area contributed by atoms with E-state index in [2.05, 4.69) is 14.9 Å². The maximum absolute atomic E-state index is 12.2. The quantitative estimate of drug-likeness (QED) is 0.811. The Balaban J connectivity index is 2.33. The Morgan fingerprint density at radius 2 is 2.22 bits per heavy atom. The molecule has 0 unspecified atom stereocenters. The minimum absolute atomic E-state index is 0.0653. The zero-order valence-corrected chi connectivity index (χ0v) is 11.1. The number of anilines is 1. The van der Waals surface area contributed by atoms with Gasteiger partial charge in [-0.15, -0.1) is 0 Å². The molecule has 0 atom stereocenters. The number of aromatic nitrogens is 1. The van der Waals surface area contributed by atoms with Crippen molar-refractivity contribution in [3.63, 3.8) is 0 Å². The van der Waals surface area contributed by atoms with Gasteiger partial charge in [0.25, 0.3) is 0 Å². The fourth-order valence-corrected chi connectivity index (χ4v) is 1.89. The minimum atomic E-state index is 0.0653. The zero-order valence-electron chi connectivity index (χ0n) is 11.1. The number of hydrogen-bond acceptors (Lipinski definition) is 4. The third-order valence-corrected chi connectivity index (χ3v) is 2.81. The maximum atomic E-state index is 12.2. The highest BCUT2D eigenvalue weighted by atomic mass is 16.2. The summed E-state index contributed by atoms with van der Waals surface area (Å²) in [5.74, 6) is 0.733. The standard InChI is InChI=1S/C13H18N4O/c1-10-9-12(18)17(8-7-16(2)3)13-11(15-10)5-4-6-14-13/h4-6H,7-9H2,1-3H3. The van der Waals surface area contributed by atoms with Crippen molar-refractivity contribution in [3.8, 4) is 0 Å². The molecule has 0 N–H and O–H groups in total. The Labute approximate surface area is 107 Å². The Hall–Kier alpha value is -1.75. The molecule has 1 aliphatic heterocycles. The molecule has 0 fully saturated rings. The molecule has 0 saturated carbocycles. The molecular weight excluding hydrogens is 228 g/mol. The molecule has 0 spiro atoms. The first-order valence-electron chi connectivity index (χ1n) is 6.02. The molecular formula is C13H18N4O. The lowest BCUT2D eigenvalue weighted by Crippen LogP contribution is -2.37. The number of rotatable bonds is 3. The van der Waals surface area contributed by atoms with E-state index in [4.69, 9.17) is 0 Å². The van der Waals surface area contributed by atoms with Crippen molar-refractivity contribution in [2.75, 3.05) is 32.1 Å². The first kappa shape index (κ1) is 12.7. The topological polar surface area (TPSA) is 48.8 Å². The van der Waals surface area contributed by atoms with Gasteiger partial charge < -0.3 is 4.90 Å². The molecule has 0 saturated heterocycles. The number of likely N-dealkylation sites (N-methyl/N-ethyl adjacent to an activating group) is 1. The largest absolute Gasteiger partial charge is 0.308 e. The van der Waals surface area contributed by atoms with Crippen molar-refractivity contribution in [1.29, 1.82) is 0 Å². The first-order chi connectivity index (χ1) is 8.58. The van der Waals surface area contributed by atoms with E-state index in [1.807, 2.05) is 33.2 Å². The number of carbonyl (C=O) groups is 1. The summed E-state index contributed by atoms with van der Waals surface area (Å²) in [6, 6.07) is 3.74. The van der Waals surface area contributed by atoms with E-state index >= 15 is 0 Å². The molecule has 2 heterocycles. The first-order valence-corrected chi connectivity index (χ1v) is 6.02. The summed E-state index contributed by atoms with van der Waals surface area (Å²) < 4.78 is 0. The number of pyridine rings is 1. The Morgan fingerprint density at radius 3 is 2.94 bits per heavy atom. The molecule has 1 aromatic rings. The lowest BCUT2D eigenvalue weighted by Gasteiger charge is -2.22. The smallest absolute Gasteiger partial charge is 0.233 e. The van der Waals surface area contributed by atoms with E-state index in [-0.39, 0.29) is 5.91 Å². The van der Waals surface area contributed by atoms with E-state index in [1.165, 1.54) is 0 Å². The second-order valence-electron chi connectivity index (χ2n) is 4.72. The van der Waals surface area contributed by atoms with Crippen LogP contribution in [0.4, 0.5) is 11.5 Å². The molecule has 0 aliphatic carbocycles. The summed E-state index contributed by atoms with van der Waals surface area (Å²) in [4.78, 5) is 24.7. The highest BCUT2D eigenvalue weighted by Crippen LogP contribution is 2.29. The molecule has 18 heavy (non-hydrogen) atoms. The van der Waals surface area contributed by atoms with E-state index in [1.54, 1.807) is 11.1 Å². The predicted octanol–water partition coefficient (Wildman–Crippen LogP) is 1.47. The van der Waals surface area contributed by atoms with Gasteiger partial charge in [-0.25, -0.2) is 4.98 Å². The molecule has 5 nitrogen and oxygen atoms in total. The van der Waals surface area contributed by atoms with Gasteiger partial charge in [0.15, 0.2) is 5.82 Å². The van der Waals surface area contributed by atoms with E-state index in [0.717, 1.165) is 17.9 Å². The fourth-order valence-electron chi connectivity index (χ4n) is 1.89. The van der Waals surface area contributed by atoms with Crippen molar-refractivity contribution < 1.29 is 4.79 Å². The van der Waals surface area contributed by atoms with Crippen LogP contribution in [0.15, 0.2) is 23.3 Å². The van der Waals surface area contributed by atoms with Crippen LogP contribution in [0.1, 0.15) is 13.3 Å². The molecule has 1 amide bonds. The fraction of sp³-hybridized carbons (Fsp3) is 0.462. The summed E-state index contributed by atoms with van der Waals surface area (Å²) in [6.07, 6.45) is 2.06. The van der Waals surface area contributed by atoms with Gasteiger partial charge in [0.1, 0.15) is 5.69 Å². The summed E-state index contributed by atoms with van der Waals surface area (Å²) in [5, 5.41) is 0. The third kappa shape index (κ3) is 2.73. The van der Waals surface area contributed by atoms with Gasteiger partial charge in [-0.3, -0.25) is 14.7 Å². The number of nitrogens with zero attached hydrogens (tertiary/aromatic N) is 4. The average molecular weight is 246 g/mol. The van der Waals surface area contributed by atoms with E-state index < -0.39 is 0 Å². The molecule has 2 rings (SSSR count). The van der Waals surface area contributed by atoms with Crippen LogP contribution in [-0.4, -0.2) is 48.7 Å². The number of carbonyl (C=O) groups excluding carboxylic acids is 1. The Morgan fingerprint density at radius 1 is 1.44 bits per heavy atom. The van der Waals surface area contributed by atoms with Gasteiger partial charge in [0.2, 0.25) is 5.91 Å². The van der Waals surface area contributed by atoms with Gasteiger partial charge in [0.05, 0.1) is 6.42 Å². The van der Waals surface area contributed by atoms with Crippen molar-refractivity contribution in [2.45, 2.75) is 13.3 Å². The van der Waals surface area contributed by atoms with Crippen LogP contribution in [0.2, 0.25) is 0 Å². The monoisotopic (exact) mass is 246 g/mol. The predicted molar refractivity (Wildman–Crippen MR) is 72.5 cm³/mol. The minimum Gasteiger partial charge on any atom is -0.308 e. The molecule has 1 aliphatic rings. The van der Waals surface area contributed by atoms with Gasteiger partial charge in [-0.1, -0.05) is 0 Å². The normalized spacial score (nSPS) is 15.4. The molecule has 0 aromatic carbocycles. The number of amides is 1. The summed E-state index contributed by atoms with van der Waals surface area (Å²) in [7, 11) is 3.98. The Kier molecular flexibility index (Phi) is 3.72. The van der Waals surface area contributed by atoms with Gasteiger partial charge in [-0.05, 0) is 33.2 Å². The van der Waals surface area contributed by atoms with Crippen LogP contribution < -0.4 is 4.90 Å². The SMILES string of the molecule is CC1=Nc2cccnc2N(CCN(C)C)C(=O)C1. The van der Waals surface area contributed by atoms with Crippen molar-refractivity contribution >= 4 is 23.1 Å². The summed E-state index contributed by atoms with van der Waals surface area (Å²) in [5.41, 5.74) is 1.61. The third-order valence-electron chi connectivity index (χ3n) is 2.81. The molecule has 96 valence electrons. The Bertz CT molecular complexity index is 482. The van der Waals surface area contributed by atoms with Crippen LogP contribution in [0.3, 0.4) is 0 Å². The van der Waals surface area contributed by atoms with E-state index in [0.29, 0.717) is 18.8 Å². The second kappa shape index (κ2) is 5.27. The van der Waals surface area contributed by atoms with Gasteiger partial charge in [-0.2, -0.15) is 0 Å². The molecule has 5 heteroatoms. The molecule has 0 radical (unpaired) electrons. The van der Waals surface area contributed by atoms with Crippen LogP contribution >= 0.6 is 0 Å². The lowest BCUT2D eigenvalue weighted by atomic mass is 10.2. The number of aliphatic imine (C=N–C) groups is 1. The van der Waals surface area contributed by atoms with Crippen molar-refractivity contribution in [2.24, 2.45) is 4.99 Å². The van der Waals surface area contributed by atoms with Crippen molar-refractivity contribution in [1.82, 2.24) is 9.88 Å². The summed E-state index contributed by atoms with van der Waals surface area (Å²) in [6.45, 7) is 3.32. The summed E-state index contributed by atoms with van der Waals surface area (Å²) >= 11 is 0. The van der Waals surface area contributed by atoms with Crippen molar-refractivity contribution in [3.05, 3.63) is 18.3 Å². The van der Waals surface area contributed by atoms with Crippen LogP contribution in [0.5, 0.6) is 0 Å². The van der Waals surface area contributed by atoms with Gasteiger partial charge >= 0.3 is 0 Å². The molecule has 0 bridgehead atoms. The van der Waals surface area contributed by atoms with Crippen LogP contribution in [0, 0.1) is 0 Å². The number of fused-ring (bicyclic) bond motifs is 1. The van der Waals surface area contributed by atoms with E-state index in [9.17, 15) is 4.79 Å². The van der Waals surface area contributed by atoms with Crippen LogP contribution in [0.25, 0.3) is 0 Å². The zero-order chi connectivity index (χ0) is 13.1. The molecule has 1 aromatic heterocycles. The number of hydrogen-bond donors (Lipinski definition) is 0. The van der Waals surface area contributed by atoms with Gasteiger partial charge in [0, 0.05) is 25.0 Å². The highest BCUT2D eigenvalue weighted by Gasteiger charge is 2.23. The highest BCUT2D eigenvalue weighted by molar-refractivity contribution is 6.10. The second-order valence-corrected chi connectivity index (χ2v) is 4.72. The average Bonchev–Trinajstić information content (AvgIpc) is 2.41. The maximum Gasteiger partial charge on any atom is 0.233 e. The van der Waals surface area contributed by atoms with Crippen LogP contribution in [-0.2, 0) is 4.79 Å². The lowest BCUT2D eigenvalue weighted by molar-refractivity contribution is -0.117.